The third kappa shape index (κ3) is 2.56. The average Bonchev–Trinajstić information content (AvgIpc) is 3.00. The molecule has 0 amide bonds. The monoisotopic (exact) mass is 282 g/mol. The highest BCUT2D eigenvalue weighted by Crippen LogP contribution is 2.25. The SMILES string of the molecule is C1=C(CN[C@@H]2CCc3ncnn3C2)COc2ccccc21. The van der Waals surface area contributed by atoms with Crippen LogP contribution in [0.2, 0.25) is 0 Å². The molecule has 21 heavy (non-hydrogen) atoms. The smallest absolute Gasteiger partial charge is 0.138 e. The summed E-state index contributed by atoms with van der Waals surface area (Å²) in [5.74, 6) is 2.08. The molecule has 0 saturated heterocycles. The van der Waals surface area contributed by atoms with Crippen molar-refractivity contribution in [2.45, 2.75) is 25.4 Å². The lowest BCUT2D eigenvalue weighted by atomic mass is 10.1. The summed E-state index contributed by atoms with van der Waals surface area (Å²) in [4.78, 5) is 4.26. The lowest BCUT2D eigenvalue weighted by molar-refractivity contribution is 0.330. The van der Waals surface area contributed by atoms with E-state index in [0.717, 1.165) is 37.5 Å². The lowest BCUT2D eigenvalue weighted by Gasteiger charge is -2.25. The number of para-hydroxylation sites is 1. The predicted molar refractivity (Wildman–Crippen MR) is 80.0 cm³/mol. The van der Waals surface area contributed by atoms with Gasteiger partial charge in [-0.15, -0.1) is 0 Å². The molecule has 0 saturated carbocycles. The van der Waals surface area contributed by atoms with E-state index in [1.165, 1.54) is 11.1 Å². The summed E-state index contributed by atoms with van der Waals surface area (Å²) in [7, 11) is 0. The van der Waals surface area contributed by atoms with Crippen LogP contribution in [0.15, 0.2) is 36.2 Å². The van der Waals surface area contributed by atoms with Gasteiger partial charge in [-0.05, 0) is 24.1 Å². The Morgan fingerprint density at radius 1 is 1.33 bits per heavy atom. The van der Waals surface area contributed by atoms with Crippen LogP contribution < -0.4 is 10.1 Å². The molecule has 108 valence electrons. The molecular formula is C16H18N4O. The Bertz CT molecular complexity index is 676. The number of ether oxygens (including phenoxy) is 1. The molecule has 0 aliphatic carbocycles. The topological polar surface area (TPSA) is 52.0 Å². The molecule has 3 heterocycles. The number of aromatic nitrogens is 3. The number of fused-ring (bicyclic) bond motifs is 2. The van der Waals surface area contributed by atoms with Crippen LogP contribution in [0.25, 0.3) is 6.08 Å². The average molecular weight is 282 g/mol. The Balaban J connectivity index is 1.39. The highest BCUT2D eigenvalue weighted by Gasteiger charge is 2.20. The van der Waals surface area contributed by atoms with Crippen LogP contribution in [-0.4, -0.2) is 34.0 Å². The summed E-state index contributed by atoms with van der Waals surface area (Å²) >= 11 is 0. The molecule has 2 aliphatic heterocycles. The number of nitrogens with one attached hydrogen (secondary N) is 1. The molecule has 1 aromatic carbocycles. The molecule has 5 nitrogen and oxygen atoms in total. The van der Waals surface area contributed by atoms with E-state index >= 15 is 0 Å². The molecule has 1 N–H and O–H groups in total. The fourth-order valence-electron chi connectivity index (χ4n) is 2.94. The minimum Gasteiger partial charge on any atom is -0.489 e. The molecule has 4 rings (SSSR count). The molecule has 1 atom stereocenters. The third-order valence-electron chi connectivity index (χ3n) is 4.11. The highest BCUT2D eigenvalue weighted by molar-refractivity contribution is 5.62. The van der Waals surface area contributed by atoms with E-state index in [4.69, 9.17) is 4.74 Å². The largest absolute Gasteiger partial charge is 0.489 e. The molecule has 0 unspecified atom stereocenters. The Labute approximate surface area is 123 Å². The zero-order chi connectivity index (χ0) is 14.1. The van der Waals surface area contributed by atoms with Crippen molar-refractivity contribution in [2.75, 3.05) is 13.2 Å². The zero-order valence-electron chi connectivity index (χ0n) is 11.8. The quantitative estimate of drug-likeness (QED) is 0.930. The van der Waals surface area contributed by atoms with Crippen LogP contribution in [0, 0.1) is 0 Å². The maximum absolute atomic E-state index is 5.78. The number of aryl methyl sites for hydroxylation is 1. The summed E-state index contributed by atoms with van der Waals surface area (Å²) in [6.07, 6.45) is 5.99. The number of rotatable bonds is 3. The second-order valence-corrected chi connectivity index (χ2v) is 5.60. The lowest BCUT2D eigenvalue weighted by Crippen LogP contribution is -2.39. The van der Waals surface area contributed by atoms with Gasteiger partial charge in [-0.1, -0.05) is 18.2 Å². The van der Waals surface area contributed by atoms with Crippen LogP contribution in [0.5, 0.6) is 5.75 Å². The van der Waals surface area contributed by atoms with Gasteiger partial charge >= 0.3 is 0 Å². The van der Waals surface area contributed by atoms with E-state index in [9.17, 15) is 0 Å². The van der Waals surface area contributed by atoms with Crippen LogP contribution in [0.1, 0.15) is 17.8 Å². The summed E-state index contributed by atoms with van der Waals surface area (Å²) in [5.41, 5.74) is 2.46. The number of hydrogen-bond acceptors (Lipinski definition) is 4. The molecule has 5 heteroatoms. The van der Waals surface area contributed by atoms with Crippen molar-refractivity contribution in [3.63, 3.8) is 0 Å². The third-order valence-corrected chi connectivity index (χ3v) is 4.11. The second kappa shape index (κ2) is 5.33. The maximum Gasteiger partial charge on any atom is 0.138 e. The van der Waals surface area contributed by atoms with E-state index in [1.54, 1.807) is 6.33 Å². The van der Waals surface area contributed by atoms with Crippen LogP contribution in [0.3, 0.4) is 0 Å². The zero-order valence-corrected chi connectivity index (χ0v) is 11.8. The standard InChI is InChI=1S/C16H18N4O/c1-2-4-15-13(3-1)7-12(10-21-15)8-17-14-5-6-16-18-11-19-20(16)9-14/h1-4,7,11,14,17H,5-6,8-10H2/t14-/m1/s1. The fourth-order valence-corrected chi connectivity index (χ4v) is 2.94. The van der Waals surface area contributed by atoms with Crippen molar-refractivity contribution in [3.8, 4) is 5.75 Å². The summed E-state index contributed by atoms with van der Waals surface area (Å²) < 4.78 is 7.79. The number of nitrogens with zero attached hydrogens (tertiary/aromatic N) is 3. The van der Waals surface area contributed by atoms with Gasteiger partial charge in [0.05, 0.1) is 6.54 Å². The minimum atomic E-state index is 0.456. The van der Waals surface area contributed by atoms with Crippen LogP contribution in [0.4, 0.5) is 0 Å². The van der Waals surface area contributed by atoms with Gasteiger partial charge in [0.2, 0.25) is 0 Å². The molecule has 0 fully saturated rings. The van der Waals surface area contributed by atoms with E-state index in [0.29, 0.717) is 12.6 Å². The normalized spacial score (nSPS) is 20.2. The molecule has 0 bridgehead atoms. The summed E-state index contributed by atoms with van der Waals surface area (Å²) in [5, 5.41) is 7.87. The van der Waals surface area contributed by atoms with E-state index in [2.05, 4.69) is 27.5 Å². The Kier molecular flexibility index (Phi) is 3.20. The first-order valence-electron chi connectivity index (χ1n) is 7.40. The first kappa shape index (κ1) is 12.6. The second-order valence-electron chi connectivity index (χ2n) is 5.60. The molecule has 1 aromatic heterocycles. The van der Waals surface area contributed by atoms with Crippen molar-refractivity contribution >= 4 is 6.08 Å². The molecule has 0 spiro atoms. The van der Waals surface area contributed by atoms with E-state index in [-0.39, 0.29) is 0 Å². The van der Waals surface area contributed by atoms with Gasteiger partial charge in [-0.25, -0.2) is 9.67 Å². The molecule has 2 aliphatic rings. The van der Waals surface area contributed by atoms with Crippen molar-refractivity contribution in [1.29, 1.82) is 0 Å². The van der Waals surface area contributed by atoms with Gasteiger partial charge in [0.1, 0.15) is 24.5 Å². The van der Waals surface area contributed by atoms with Gasteiger partial charge in [0, 0.05) is 24.6 Å². The highest BCUT2D eigenvalue weighted by atomic mass is 16.5. The first-order valence-corrected chi connectivity index (χ1v) is 7.40. The number of hydrogen-bond donors (Lipinski definition) is 1. The van der Waals surface area contributed by atoms with Crippen molar-refractivity contribution in [2.24, 2.45) is 0 Å². The molecule has 0 radical (unpaired) electrons. The number of benzene rings is 1. The van der Waals surface area contributed by atoms with Crippen molar-refractivity contribution in [1.82, 2.24) is 20.1 Å². The van der Waals surface area contributed by atoms with Crippen molar-refractivity contribution < 1.29 is 4.74 Å². The van der Waals surface area contributed by atoms with Gasteiger partial charge < -0.3 is 10.1 Å². The molecule has 2 aromatic rings. The fraction of sp³-hybridized carbons (Fsp3) is 0.375. The van der Waals surface area contributed by atoms with Gasteiger partial charge in [0.15, 0.2) is 0 Å². The van der Waals surface area contributed by atoms with Crippen molar-refractivity contribution in [3.05, 3.63) is 47.6 Å². The Morgan fingerprint density at radius 3 is 3.29 bits per heavy atom. The Hall–Kier alpha value is -2.14. The van der Waals surface area contributed by atoms with Crippen LogP contribution in [-0.2, 0) is 13.0 Å². The van der Waals surface area contributed by atoms with Crippen LogP contribution >= 0.6 is 0 Å². The summed E-state index contributed by atoms with van der Waals surface area (Å²) in [6, 6.07) is 8.62. The summed E-state index contributed by atoms with van der Waals surface area (Å²) in [6.45, 7) is 2.44. The Morgan fingerprint density at radius 2 is 2.29 bits per heavy atom. The van der Waals surface area contributed by atoms with Gasteiger partial charge in [0.25, 0.3) is 0 Å². The minimum absolute atomic E-state index is 0.456. The first-order chi connectivity index (χ1) is 10.4. The van der Waals surface area contributed by atoms with E-state index < -0.39 is 0 Å². The maximum atomic E-state index is 5.78. The van der Waals surface area contributed by atoms with Gasteiger partial charge in [-0.3, -0.25) is 0 Å². The van der Waals surface area contributed by atoms with E-state index in [1.807, 2.05) is 22.9 Å². The predicted octanol–water partition coefficient (Wildman–Crippen LogP) is 1.66. The van der Waals surface area contributed by atoms with Gasteiger partial charge in [-0.2, -0.15) is 5.10 Å². The molecular weight excluding hydrogens is 264 g/mol.